The molecule has 0 aliphatic rings. The van der Waals surface area contributed by atoms with Crippen molar-refractivity contribution >= 4 is 34.0 Å². The zero-order valence-corrected chi connectivity index (χ0v) is 11.1. The van der Waals surface area contributed by atoms with E-state index in [0.29, 0.717) is 0 Å². The van der Waals surface area contributed by atoms with Gasteiger partial charge in [-0.3, -0.25) is 0 Å². The number of anilines is 2. The van der Waals surface area contributed by atoms with Crippen molar-refractivity contribution in [2.45, 2.75) is 13.3 Å². The van der Waals surface area contributed by atoms with E-state index >= 15 is 0 Å². The lowest BCUT2D eigenvalue weighted by Gasteiger charge is -2.08. The summed E-state index contributed by atoms with van der Waals surface area (Å²) in [5.74, 6) is 0. The van der Waals surface area contributed by atoms with Crippen LogP contribution >= 0.6 is 22.6 Å². The van der Waals surface area contributed by atoms with Crippen LogP contribution in [-0.2, 0) is 4.74 Å². The van der Waals surface area contributed by atoms with Crippen molar-refractivity contribution < 1.29 is 4.74 Å². The van der Waals surface area contributed by atoms with Crippen molar-refractivity contribution in [3.8, 4) is 0 Å². The summed E-state index contributed by atoms with van der Waals surface area (Å²) in [6.07, 6.45) is 1.02. The largest absolute Gasteiger partial charge is 0.399 e. The Balaban J connectivity index is 2.31. The SMILES string of the molecule is CCOCCCNc1ccc(N)cc1I. The van der Waals surface area contributed by atoms with Gasteiger partial charge in [-0.05, 0) is 54.1 Å². The minimum atomic E-state index is 0.791. The number of benzene rings is 1. The van der Waals surface area contributed by atoms with E-state index in [2.05, 4.69) is 27.9 Å². The van der Waals surface area contributed by atoms with Crippen LogP contribution in [0.25, 0.3) is 0 Å². The molecule has 0 saturated heterocycles. The Morgan fingerprint density at radius 2 is 2.27 bits per heavy atom. The molecule has 1 aromatic carbocycles. The fourth-order valence-electron chi connectivity index (χ4n) is 1.22. The number of rotatable bonds is 6. The summed E-state index contributed by atoms with van der Waals surface area (Å²) in [4.78, 5) is 0. The van der Waals surface area contributed by atoms with Gasteiger partial charge in [-0.25, -0.2) is 0 Å². The van der Waals surface area contributed by atoms with Crippen molar-refractivity contribution in [3.63, 3.8) is 0 Å². The average molecular weight is 320 g/mol. The second kappa shape index (κ2) is 6.90. The third-order valence-corrected chi connectivity index (χ3v) is 2.87. The molecule has 4 heteroatoms. The van der Waals surface area contributed by atoms with Crippen LogP contribution in [0, 0.1) is 3.57 Å². The van der Waals surface area contributed by atoms with Crippen LogP contribution in [0.1, 0.15) is 13.3 Å². The van der Waals surface area contributed by atoms with Crippen LogP contribution in [0.5, 0.6) is 0 Å². The molecule has 0 unspecified atom stereocenters. The fourth-order valence-corrected chi connectivity index (χ4v) is 1.95. The second-order valence-electron chi connectivity index (χ2n) is 3.22. The molecule has 0 amide bonds. The predicted molar refractivity (Wildman–Crippen MR) is 73.2 cm³/mol. The first-order chi connectivity index (χ1) is 7.24. The molecule has 0 saturated carbocycles. The topological polar surface area (TPSA) is 47.3 Å². The first-order valence-corrected chi connectivity index (χ1v) is 6.18. The summed E-state index contributed by atoms with van der Waals surface area (Å²) in [5, 5.41) is 3.36. The zero-order valence-electron chi connectivity index (χ0n) is 8.92. The summed E-state index contributed by atoms with van der Waals surface area (Å²) < 4.78 is 6.42. The Kier molecular flexibility index (Phi) is 5.78. The number of hydrogen-bond acceptors (Lipinski definition) is 3. The van der Waals surface area contributed by atoms with Crippen molar-refractivity contribution in [2.24, 2.45) is 0 Å². The second-order valence-corrected chi connectivity index (χ2v) is 4.38. The lowest BCUT2D eigenvalue weighted by molar-refractivity contribution is 0.147. The molecule has 15 heavy (non-hydrogen) atoms. The molecule has 0 atom stereocenters. The first-order valence-electron chi connectivity index (χ1n) is 5.10. The molecule has 0 aromatic heterocycles. The van der Waals surface area contributed by atoms with Gasteiger partial charge in [-0.1, -0.05) is 0 Å². The van der Waals surface area contributed by atoms with E-state index in [4.69, 9.17) is 10.5 Å². The lowest BCUT2D eigenvalue weighted by atomic mass is 10.3. The van der Waals surface area contributed by atoms with Gasteiger partial charge in [0.15, 0.2) is 0 Å². The van der Waals surface area contributed by atoms with E-state index < -0.39 is 0 Å². The van der Waals surface area contributed by atoms with Crippen molar-refractivity contribution in [2.75, 3.05) is 30.8 Å². The van der Waals surface area contributed by atoms with Crippen LogP contribution in [0.2, 0.25) is 0 Å². The number of nitrogen functional groups attached to an aromatic ring is 1. The maximum absolute atomic E-state index is 5.67. The first kappa shape index (κ1) is 12.6. The van der Waals surface area contributed by atoms with Crippen LogP contribution in [0.3, 0.4) is 0 Å². The Hall–Kier alpha value is -0.490. The Bertz CT molecular complexity index is 305. The van der Waals surface area contributed by atoms with E-state index in [0.717, 1.165) is 41.1 Å². The molecule has 1 rings (SSSR count). The highest BCUT2D eigenvalue weighted by molar-refractivity contribution is 14.1. The Morgan fingerprint density at radius 3 is 2.93 bits per heavy atom. The monoisotopic (exact) mass is 320 g/mol. The number of hydrogen-bond donors (Lipinski definition) is 2. The molecule has 0 aliphatic carbocycles. The minimum Gasteiger partial charge on any atom is -0.399 e. The summed E-state index contributed by atoms with van der Waals surface area (Å²) >= 11 is 2.28. The van der Waals surface area contributed by atoms with Gasteiger partial charge in [0.1, 0.15) is 0 Å². The van der Waals surface area contributed by atoms with Crippen LogP contribution in [0.4, 0.5) is 11.4 Å². The number of ether oxygens (including phenoxy) is 1. The molecule has 3 N–H and O–H groups in total. The van der Waals surface area contributed by atoms with Gasteiger partial charge < -0.3 is 15.8 Å². The molecular weight excluding hydrogens is 303 g/mol. The summed E-state index contributed by atoms with van der Waals surface area (Å²) in [7, 11) is 0. The third-order valence-electron chi connectivity index (χ3n) is 1.98. The molecule has 0 fully saturated rings. The summed E-state index contributed by atoms with van der Waals surface area (Å²) in [5.41, 5.74) is 7.61. The number of nitrogens with one attached hydrogen (secondary N) is 1. The third kappa shape index (κ3) is 4.70. The van der Waals surface area contributed by atoms with Crippen molar-refractivity contribution in [1.82, 2.24) is 0 Å². The quantitative estimate of drug-likeness (QED) is 0.481. The molecule has 0 spiro atoms. The molecular formula is C11H17IN2O. The molecule has 0 aliphatic heterocycles. The van der Waals surface area contributed by atoms with Crippen LogP contribution in [-0.4, -0.2) is 19.8 Å². The summed E-state index contributed by atoms with van der Waals surface area (Å²) in [6, 6.07) is 5.89. The van der Waals surface area contributed by atoms with Crippen molar-refractivity contribution in [3.05, 3.63) is 21.8 Å². The highest BCUT2D eigenvalue weighted by Crippen LogP contribution is 2.20. The smallest absolute Gasteiger partial charge is 0.0482 e. The van der Waals surface area contributed by atoms with Gasteiger partial charge in [0.05, 0.1) is 0 Å². The van der Waals surface area contributed by atoms with E-state index in [1.54, 1.807) is 0 Å². The van der Waals surface area contributed by atoms with Crippen molar-refractivity contribution in [1.29, 1.82) is 0 Å². The molecule has 84 valence electrons. The van der Waals surface area contributed by atoms with Gasteiger partial charge in [0.25, 0.3) is 0 Å². The molecule has 1 aromatic rings. The number of halogens is 1. The highest BCUT2D eigenvalue weighted by atomic mass is 127. The predicted octanol–water partition coefficient (Wildman–Crippen LogP) is 2.71. The molecule has 3 nitrogen and oxygen atoms in total. The highest BCUT2D eigenvalue weighted by Gasteiger charge is 1.98. The van der Waals surface area contributed by atoms with Gasteiger partial charge in [0.2, 0.25) is 0 Å². The Morgan fingerprint density at radius 1 is 1.47 bits per heavy atom. The maximum atomic E-state index is 5.67. The van der Waals surface area contributed by atoms with E-state index in [1.807, 2.05) is 25.1 Å². The molecule has 0 bridgehead atoms. The van der Waals surface area contributed by atoms with Crippen LogP contribution < -0.4 is 11.1 Å². The Labute approximate surface area is 105 Å². The normalized spacial score (nSPS) is 10.3. The van der Waals surface area contributed by atoms with E-state index in [1.165, 1.54) is 0 Å². The van der Waals surface area contributed by atoms with Gasteiger partial charge in [0, 0.05) is 34.7 Å². The van der Waals surface area contributed by atoms with E-state index in [9.17, 15) is 0 Å². The number of nitrogens with two attached hydrogens (primary N) is 1. The summed E-state index contributed by atoms with van der Waals surface area (Å²) in [6.45, 7) is 4.55. The lowest BCUT2D eigenvalue weighted by Crippen LogP contribution is -2.06. The van der Waals surface area contributed by atoms with Gasteiger partial charge in [-0.2, -0.15) is 0 Å². The molecule has 0 heterocycles. The average Bonchev–Trinajstić information content (AvgIpc) is 2.20. The van der Waals surface area contributed by atoms with E-state index in [-0.39, 0.29) is 0 Å². The van der Waals surface area contributed by atoms with Gasteiger partial charge >= 0.3 is 0 Å². The zero-order chi connectivity index (χ0) is 11.1. The maximum Gasteiger partial charge on any atom is 0.0482 e. The molecule has 0 radical (unpaired) electrons. The minimum absolute atomic E-state index is 0.791. The van der Waals surface area contributed by atoms with Crippen LogP contribution in [0.15, 0.2) is 18.2 Å². The fraction of sp³-hybridized carbons (Fsp3) is 0.455. The standard InChI is InChI=1S/C11H17IN2O/c1-2-15-7-3-6-14-11-5-4-9(13)8-10(11)12/h4-5,8,14H,2-3,6-7,13H2,1H3. The van der Waals surface area contributed by atoms with Gasteiger partial charge in [-0.15, -0.1) is 0 Å².